The zero-order valence-electron chi connectivity index (χ0n) is 18.1. The quantitative estimate of drug-likeness (QED) is 0.636. The van der Waals surface area contributed by atoms with Gasteiger partial charge in [-0.1, -0.05) is 37.8 Å². The molecule has 3 aliphatic rings. The van der Waals surface area contributed by atoms with Gasteiger partial charge in [-0.2, -0.15) is 4.31 Å². The predicted molar refractivity (Wildman–Crippen MR) is 124 cm³/mol. The van der Waals surface area contributed by atoms with Gasteiger partial charge in [0.25, 0.3) is 5.91 Å². The largest absolute Gasteiger partial charge is 0.454 e. The van der Waals surface area contributed by atoms with E-state index in [1.165, 1.54) is 23.2 Å². The third-order valence-electron chi connectivity index (χ3n) is 6.58. The molecule has 1 amide bonds. The van der Waals surface area contributed by atoms with Crippen LogP contribution in [-0.2, 0) is 10.0 Å². The highest BCUT2D eigenvalue weighted by molar-refractivity contribution is 7.89. The van der Waals surface area contributed by atoms with Crippen molar-refractivity contribution in [2.45, 2.75) is 62.3 Å². The Bertz CT molecular complexity index is 1120. The summed E-state index contributed by atoms with van der Waals surface area (Å²) in [4.78, 5) is 13.2. The lowest BCUT2D eigenvalue weighted by atomic mass is 10.1. The first kappa shape index (κ1) is 21.3. The minimum Gasteiger partial charge on any atom is -0.454 e. The zero-order chi connectivity index (χ0) is 22.1. The summed E-state index contributed by atoms with van der Waals surface area (Å²) in [5.41, 5.74) is 1.32. The molecule has 2 fully saturated rings. The fraction of sp³-hybridized carbons (Fsp3) is 0.458. The summed E-state index contributed by atoms with van der Waals surface area (Å²) >= 11 is 0. The number of carbonyl (C=O) groups excluding carboxylic acids is 1. The van der Waals surface area contributed by atoms with Crippen LogP contribution < -0.4 is 15.4 Å². The third-order valence-corrected chi connectivity index (χ3v) is 8.52. The van der Waals surface area contributed by atoms with Crippen LogP contribution in [0.25, 0.3) is 0 Å². The average Bonchev–Trinajstić information content (AvgIpc) is 3.16. The number of carbonyl (C=O) groups is 1. The predicted octanol–water partition coefficient (Wildman–Crippen LogP) is 4.96. The fourth-order valence-corrected chi connectivity index (χ4v) is 6.51. The number of amides is 1. The van der Waals surface area contributed by atoms with Crippen LogP contribution in [0.5, 0.6) is 11.5 Å². The van der Waals surface area contributed by atoms with E-state index in [0.717, 1.165) is 38.5 Å². The van der Waals surface area contributed by atoms with E-state index in [1.54, 1.807) is 18.2 Å². The second kappa shape index (κ2) is 8.75. The number of hydrogen-bond donors (Lipinski definition) is 2. The number of para-hydroxylation sites is 2. The Morgan fingerprint density at radius 3 is 2.41 bits per heavy atom. The summed E-state index contributed by atoms with van der Waals surface area (Å²) in [7, 11) is -3.73. The molecule has 0 spiro atoms. The molecule has 7 nitrogen and oxygen atoms in total. The van der Waals surface area contributed by atoms with Crippen molar-refractivity contribution in [1.29, 1.82) is 0 Å². The standard InChI is InChI=1S/C24H29N3O4S/c28-24-18-15-23(32(29,30)27-13-7-8-14-27)20(25-17-9-3-1-2-4-10-17)16-22(18)31-21-12-6-5-11-19(21)26-24/h5-6,11-12,15-17,25H,1-4,7-10,13-14H2,(H,26,28). The lowest BCUT2D eigenvalue weighted by Crippen LogP contribution is -2.30. The summed E-state index contributed by atoms with van der Waals surface area (Å²) in [5.74, 6) is 0.531. The maximum atomic E-state index is 13.6. The number of nitrogens with one attached hydrogen (secondary N) is 2. The van der Waals surface area contributed by atoms with E-state index in [-0.39, 0.29) is 22.4 Å². The summed E-state index contributed by atoms with van der Waals surface area (Å²) in [6.07, 6.45) is 8.40. The first-order chi connectivity index (χ1) is 15.5. The van der Waals surface area contributed by atoms with Crippen LogP contribution in [0.3, 0.4) is 0 Å². The van der Waals surface area contributed by atoms with Crippen molar-refractivity contribution < 1.29 is 17.9 Å². The van der Waals surface area contributed by atoms with E-state index in [4.69, 9.17) is 4.74 Å². The molecular formula is C24H29N3O4S. The van der Waals surface area contributed by atoms with Gasteiger partial charge in [0, 0.05) is 25.2 Å². The molecule has 0 radical (unpaired) electrons. The molecule has 2 aliphatic heterocycles. The van der Waals surface area contributed by atoms with Crippen LogP contribution in [0.4, 0.5) is 11.4 Å². The Kier molecular flexibility index (Phi) is 5.82. The highest BCUT2D eigenvalue weighted by Crippen LogP contribution is 2.40. The number of anilines is 2. The summed E-state index contributed by atoms with van der Waals surface area (Å²) in [6, 6.07) is 10.6. The Morgan fingerprint density at radius 1 is 0.938 bits per heavy atom. The van der Waals surface area contributed by atoms with Crippen molar-refractivity contribution >= 4 is 27.3 Å². The number of fused-ring (bicyclic) bond motifs is 2. The van der Waals surface area contributed by atoms with E-state index < -0.39 is 10.0 Å². The maximum absolute atomic E-state index is 13.6. The van der Waals surface area contributed by atoms with Crippen molar-refractivity contribution in [3.63, 3.8) is 0 Å². The van der Waals surface area contributed by atoms with E-state index in [0.29, 0.717) is 36.0 Å². The summed E-state index contributed by atoms with van der Waals surface area (Å²) in [5, 5.41) is 6.35. The van der Waals surface area contributed by atoms with Gasteiger partial charge in [0.2, 0.25) is 10.0 Å². The van der Waals surface area contributed by atoms with Crippen LogP contribution in [0.2, 0.25) is 0 Å². The molecule has 8 heteroatoms. The highest BCUT2D eigenvalue weighted by atomic mass is 32.2. The van der Waals surface area contributed by atoms with Gasteiger partial charge in [0.15, 0.2) is 5.75 Å². The zero-order valence-corrected chi connectivity index (χ0v) is 18.9. The van der Waals surface area contributed by atoms with Gasteiger partial charge in [-0.25, -0.2) is 8.42 Å². The molecule has 0 atom stereocenters. The molecule has 0 aromatic heterocycles. The highest BCUT2D eigenvalue weighted by Gasteiger charge is 2.33. The van der Waals surface area contributed by atoms with Gasteiger partial charge in [0.1, 0.15) is 10.6 Å². The van der Waals surface area contributed by atoms with Gasteiger partial charge >= 0.3 is 0 Å². The molecular weight excluding hydrogens is 426 g/mol. The molecule has 0 unspecified atom stereocenters. The van der Waals surface area contributed by atoms with E-state index >= 15 is 0 Å². The Labute approximate surface area is 189 Å². The lowest BCUT2D eigenvalue weighted by Gasteiger charge is -2.24. The summed E-state index contributed by atoms with van der Waals surface area (Å²) < 4.78 is 34.8. The molecule has 170 valence electrons. The molecule has 0 bridgehead atoms. The van der Waals surface area contributed by atoms with E-state index in [1.807, 2.05) is 12.1 Å². The normalized spacial score (nSPS) is 19.8. The minimum absolute atomic E-state index is 0.159. The number of sulfonamides is 1. The van der Waals surface area contributed by atoms with Gasteiger partial charge in [-0.15, -0.1) is 0 Å². The number of rotatable bonds is 4. The fourth-order valence-electron chi connectivity index (χ4n) is 4.83. The Hall–Kier alpha value is -2.58. The molecule has 2 heterocycles. The minimum atomic E-state index is -3.73. The number of benzene rings is 2. The van der Waals surface area contributed by atoms with E-state index in [9.17, 15) is 13.2 Å². The van der Waals surface area contributed by atoms with Gasteiger partial charge in [-0.3, -0.25) is 4.79 Å². The second-order valence-corrected chi connectivity index (χ2v) is 10.7. The molecule has 2 aromatic rings. The third kappa shape index (κ3) is 4.09. The van der Waals surface area contributed by atoms with Gasteiger partial charge < -0.3 is 15.4 Å². The smallest absolute Gasteiger partial charge is 0.259 e. The van der Waals surface area contributed by atoms with Gasteiger partial charge in [0.05, 0.1) is 16.9 Å². The van der Waals surface area contributed by atoms with Crippen LogP contribution in [0.15, 0.2) is 41.3 Å². The van der Waals surface area contributed by atoms with Gasteiger partial charge in [-0.05, 0) is 43.9 Å². The molecule has 1 saturated heterocycles. The molecule has 2 aromatic carbocycles. The second-order valence-electron chi connectivity index (χ2n) is 8.84. The van der Waals surface area contributed by atoms with Crippen molar-refractivity contribution in [2.75, 3.05) is 23.7 Å². The monoisotopic (exact) mass is 455 g/mol. The molecule has 1 aliphatic carbocycles. The number of ether oxygens (including phenoxy) is 1. The average molecular weight is 456 g/mol. The number of nitrogens with zero attached hydrogens (tertiary/aromatic N) is 1. The lowest BCUT2D eigenvalue weighted by molar-refractivity contribution is 0.102. The Morgan fingerprint density at radius 2 is 1.66 bits per heavy atom. The molecule has 5 rings (SSSR count). The first-order valence-electron chi connectivity index (χ1n) is 11.6. The van der Waals surface area contributed by atoms with Crippen molar-refractivity contribution in [2.24, 2.45) is 0 Å². The van der Waals surface area contributed by atoms with Crippen LogP contribution in [0.1, 0.15) is 61.7 Å². The van der Waals surface area contributed by atoms with Crippen molar-refractivity contribution in [1.82, 2.24) is 4.31 Å². The number of hydrogen-bond acceptors (Lipinski definition) is 5. The SMILES string of the molecule is O=C1Nc2ccccc2Oc2cc(NC3CCCCCC3)c(S(=O)(=O)N3CCCC3)cc21. The van der Waals surface area contributed by atoms with Crippen molar-refractivity contribution in [3.05, 3.63) is 42.0 Å². The topological polar surface area (TPSA) is 87.7 Å². The maximum Gasteiger partial charge on any atom is 0.259 e. The van der Waals surface area contributed by atoms with E-state index in [2.05, 4.69) is 10.6 Å². The first-order valence-corrected chi connectivity index (χ1v) is 13.0. The molecule has 1 saturated carbocycles. The van der Waals surface area contributed by atoms with Crippen LogP contribution in [-0.4, -0.2) is 37.8 Å². The molecule has 2 N–H and O–H groups in total. The molecule has 32 heavy (non-hydrogen) atoms. The van der Waals surface area contributed by atoms with Crippen molar-refractivity contribution in [3.8, 4) is 11.5 Å². The van der Waals surface area contributed by atoms with Crippen LogP contribution in [0, 0.1) is 0 Å². The van der Waals surface area contributed by atoms with Crippen LogP contribution >= 0.6 is 0 Å². The Balaban J connectivity index is 1.60. The summed E-state index contributed by atoms with van der Waals surface area (Å²) in [6.45, 7) is 1.02.